The van der Waals surface area contributed by atoms with Gasteiger partial charge in [-0.3, -0.25) is 0 Å². The van der Waals surface area contributed by atoms with Gasteiger partial charge in [-0.05, 0) is 19.1 Å². The van der Waals surface area contributed by atoms with Crippen molar-refractivity contribution in [2.45, 2.75) is 25.9 Å². The number of rotatable bonds is 3. The Hall–Kier alpha value is -1.07. The van der Waals surface area contributed by atoms with Crippen molar-refractivity contribution in [3.8, 4) is 0 Å². The maximum absolute atomic E-state index is 4.73. The van der Waals surface area contributed by atoms with Gasteiger partial charge in [0, 0.05) is 43.3 Å². The molecule has 1 aliphatic heterocycles. The Morgan fingerprint density at radius 2 is 2.50 bits per heavy atom. The van der Waals surface area contributed by atoms with Crippen LogP contribution >= 0.6 is 11.8 Å². The predicted molar refractivity (Wildman–Crippen MR) is 76.0 cm³/mol. The summed E-state index contributed by atoms with van der Waals surface area (Å²) in [4.78, 5) is 9.17. The lowest BCUT2D eigenvalue weighted by molar-refractivity contribution is 0.536. The van der Waals surface area contributed by atoms with Crippen LogP contribution in [-0.2, 0) is 13.0 Å². The molecule has 0 aromatic carbocycles. The number of pyridine rings is 1. The molecule has 1 N–H and O–H groups in total. The zero-order valence-electron chi connectivity index (χ0n) is 10.6. The number of nitrogens with one attached hydrogen (secondary N) is 1. The first kappa shape index (κ1) is 12.0. The van der Waals surface area contributed by atoms with Crippen molar-refractivity contribution in [3.05, 3.63) is 24.2 Å². The van der Waals surface area contributed by atoms with Crippen LogP contribution in [0.2, 0.25) is 0 Å². The van der Waals surface area contributed by atoms with Crippen molar-refractivity contribution in [1.82, 2.24) is 19.9 Å². The Balaban J connectivity index is 1.90. The molecular weight excluding hydrogens is 244 g/mol. The SMILES string of the molecule is CCn1c(CC2CSCCN2)nc2cccnc21. The highest BCUT2D eigenvalue weighted by Gasteiger charge is 2.18. The number of hydrogen-bond acceptors (Lipinski definition) is 4. The average Bonchev–Trinajstić information content (AvgIpc) is 2.77. The normalized spacial score (nSPS) is 20.4. The van der Waals surface area contributed by atoms with E-state index in [0.717, 1.165) is 36.5 Å². The van der Waals surface area contributed by atoms with Crippen molar-refractivity contribution in [3.63, 3.8) is 0 Å². The number of hydrogen-bond donors (Lipinski definition) is 1. The summed E-state index contributed by atoms with van der Waals surface area (Å²) in [6.07, 6.45) is 2.84. The van der Waals surface area contributed by atoms with Gasteiger partial charge in [-0.25, -0.2) is 9.97 Å². The monoisotopic (exact) mass is 262 g/mol. The number of aryl methyl sites for hydroxylation is 1. The predicted octanol–water partition coefficient (Wildman–Crippen LogP) is 1.70. The standard InChI is InChI=1S/C13H18N4S/c1-2-17-12(8-10-9-18-7-6-14-10)16-11-4-3-5-15-13(11)17/h3-5,10,14H,2,6-9H2,1H3. The lowest BCUT2D eigenvalue weighted by Crippen LogP contribution is -2.39. The molecule has 0 aliphatic carbocycles. The molecule has 1 aliphatic rings. The Labute approximate surface area is 111 Å². The molecule has 1 saturated heterocycles. The Morgan fingerprint density at radius 3 is 3.28 bits per heavy atom. The van der Waals surface area contributed by atoms with Crippen molar-refractivity contribution >= 4 is 22.9 Å². The van der Waals surface area contributed by atoms with E-state index >= 15 is 0 Å². The molecule has 3 heterocycles. The van der Waals surface area contributed by atoms with Crippen LogP contribution in [0.15, 0.2) is 18.3 Å². The molecular formula is C13H18N4S. The molecule has 0 saturated carbocycles. The third-order valence-electron chi connectivity index (χ3n) is 3.33. The van der Waals surface area contributed by atoms with Crippen LogP contribution in [0.3, 0.4) is 0 Å². The highest BCUT2D eigenvalue weighted by molar-refractivity contribution is 7.99. The minimum atomic E-state index is 0.547. The molecule has 18 heavy (non-hydrogen) atoms. The van der Waals surface area contributed by atoms with Crippen LogP contribution in [0.25, 0.3) is 11.2 Å². The van der Waals surface area contributed by atoms with Crippen LogP contribution in [0.4, 0.5) is 0 Å². The number of nitrogens with zero attached hydrogens (tertiary/aromatic N) is 3. The zero-order chi connectivity index (χ0) is 12.4. The molecule has 1 atom stereocenters. The highest BCUT2D eigenvalue weighted by Crippen LogP contribution is 2.17. The van der Waals surface area contributed by atoms with Crippen LogP contribution in [0.5, 0.6) is 0 Å². The van der Waals surface area contributed by atoms with E-state index in [9.17, 15) is 0 Å². The van der Waals surface area contributed by atoms with E-state index in [2.05, 4.69) is 21.8 Å². The molecule has 1 fully saturated rings. The third kappa shape index (κ3) is 2.24. The molecule has 1 unspecified atom stereocenters. The van der Waals surface area contributed by atoms with Gasteiger partial charge in [0.25, 0.3) is 0 Å². The maximum atomic E-state index is 4.73. The van der Waals surface area contributed by atoms with Gasteiger partial charge in [0.15, 0.2) is 5.65 Å². The smallest absolute Gasteiger partial charge is 0.159 e. The average molecular weight is 262 g/mol. The van der Waals surface area contributed by atoms with E-state index in [0.29, 0.717) is 6.04 Å². The molecule has 5 heteroatoms. The lowest BCUT2D eigenvalue weighted by Gasteiger charge is -2.22. The molecule has 4 nitrogen and oxygen atoms in total. The molecule has 0 bridgehead atoms. The fourth-order valence-electron chi connectivity index (χ4n) is 2.46. The molecule has 0 spiro atoms. The van der Waals surface area contributed by atoms with Gasteiger partial charge in [-0.1, -0.05) is 0 Å². The number of imidazole rings is 1. The van der Waals surface area contributed by atoms with Crippen molar-refractivity contribution in [2.24, 2.45) is 0 Å². The number of fused-ring (bicyclic) bond motifs is 1. The molecule has 0 amide bonds. The molecule has 96 valence electrons. The summed E-state index contributed by atoms with van der Waals surface area (Å²) in [6.45, 7) is 4.20. The first-order valence-corrected chi connectivity index (χ1v) is 7.65. The number of thioether (sulfide) groups is 1. The second-order valence-electron chi connectivity index (χ2n) is 4.55. The van der Waals surface area contributed by atoms with E-state index in [1.54, 1.807) is 0 Å². The van der Waals surface area contributed by atoms with Crippen LogP contribution < -0.4 is 5.32 Å². The second kappa shape index (κ2) is 5.28. The van der Waals surface area contributed by atoms with Crippen molar-refractivity contribution in [1.29, 1.82) is 0 Å². The molecule has 3 rings (SSSR count). The van der Waals surface area contributed by atoms with Gasteiger partial charge in [0.1, 0.15) is 11.3 Å². The van der Waals surface area contributed by atoms with Gasteiger partial charge in [0.05, 0.1) is 0 Å². The first-order valence-electron chi connectivity index (χ1n) is 6.49. The summed E-state index contributed by atoms with van der Waals surface area (Å²) < 4.78 is 2.23. The maximum Gasteiger partial charge on any atom is 0.159 e. The quantitative estimate of drug-likeness (QED) is 0.914. The van der Waals surface area contributed by atoms with E-state index in [4.69, 9.17) is 4.98 Å². The Morgan fingerprint density at radius 1 is 1.56 bits per heavy atom. The van der Waals surface area contributed by atoms with Gasteiger partial charge in [-0.15, -0.1) is 0 Å². The van der Waals surface area contributed by atoms with Crippen molar-refractivity contribution in [2.75, 3.05) is 18.1 Å². The van der Waals surface area contributed by atoms with Gasteiger partial charge in [-0.2, -0.15) is 11.8 Å². The van der Waals surface area contributed by atoms with Crippen LogP contribution in [-0.4, -0.2) is 38.6 Å². The van der Waals surface area contributed by atoms with Crippen LogP contribution in [0, 0.1) is 0 Å². The van der Waals surface area contributed by atoms with E-state index < -0.39 is 0 Å². The molecule has 2 aromatic rings. The third-order valence-corrected chi connectivity index (χ3v) is 4.46. The van der Waals surface area contributed by atoms with E-state index in [1.807, 2.05) is 30.1 Å². The Bertz CT molecular complexity index is 531. The summed E-state index contributed by atoms with van der Waals surface area (Å²) in [7, 11) is 0. The minimum Gasteiger partial charge on any atom is -0.313 e. The summed E-state index contributed by atoms with van der Waals surface area (Å²) in [5.41, 5.74) is 2.02. The molecule has 0 radical (unpaired) electrons. The first-order chi connectivity index (χ1) is 8.88. The van der Waals surface area contributed by atoms with Crippen LogP contribution in [0.1, 0.15) is 12.7 Å². The minimum absolute atomic E-state index is 0.547. The Kier molecular flexibility index (Phi) is 3.52. The molecule has 2 aromatic heterocycles. The lowest BCUT2D eigenvalue weighted by atomic mass is 10.2. The van der Waals surface area contributed by atoms with E-state index in [-0.39, 0.29) is 0 Å². The summed E-state index contributed by atoms with van der Waals surface area (Å²) in [6, 6.07) is 4.54. The van der Waals surface area contributed by atoms with Crippen molar-refractivity contribution < 1.29 is 0 Å². The topological polar surface area (TPSA) is 42.7 Å². The van der Waals surface area contributed by atoms with Gasteiger partial charge in [0.2, 0.25) is 0 Å². The summed E-state index contributed by atoms with van der Waals surface area (Å²) in [5.74, 6) is 3.56. The summed E-state index contributed by atoms with van der Waals surface area (Å²) >= 11 is 2.03. The second-order valence-corrected chi connectivity index (χ2v) is 5.70. The van der Waals surface area contributed by atoms with Gasteiger partial charge < -0.3 is 9.88 Å². The summed E-state index contributed by atoms with van der Waals surface area (Å²) in [5, 5.41) is 3.57. The number of aromatic nitrogens is 3. The fraction of sp³-hybridized carbons (Fsp3) is 0.538. The highest BCUT2D eigenvalue weighted by atomic mass is 32.2. The largest absolute Gasteiger partial charge is 0.313 e. The van der Waals surface area contributed by atoms with E-state index in [1.165, 1.54) is 11.5 Å². The fourth-order valence-corrected chi connectivity index (χ4v) is 3.41. The zero-order valence-corrected chi connectivity index (χ0v) is 11.4. The van der Waals surface area contributed by atoms with Gasteiger partial charge >= 0.3 is 0 Å².